The van der Waals surface area contributed by atoms with E-state index in [1.165, 1.54) is 51.4 Å². The van der Waals surface area contributed by atoms with Gasteiger partial charge in [0.2, 0.25) is 11.8 Å². The number of nitrogens with one attached hydrogen (secondary N) is 2. The largest absolute Gasteiger partial charge is 0.353 e. The number of allylic oxidation sites excluding steroid dienone is 2. The van der Waals surface area contributed by atoms with Gasteiger partial charge >= 0.3 is 0 Å². The lowest BCUT2D eigenvalue weighted by Crippen LogP contribution is -2.57. The third-order valence-corrected chi connectivity index (χ3v) is 8.38. The van der Waals surface area contributed by atoms with Crippen molar-refractivity contribution in [3.8, 4) is 0 Å². The molecule has 2 N–H and O–H groups in total. The number of unbranched alkanes of at least 4 members (excludes halogenated alkanes) is 10. The summed E-state index contributed by atoms with van der Waals surface area (Å²) in [6.07, 6.45) is 29.1. The van der Waals surface area contributed by atoms with Gasteiger partial charge in [0.25, 0.3) is 0 Å². The average molecular weight is 591 g/mol. The maximum absolute atomic E-state index is 12.3. The molecule has 1 saturated carbocycles. The predicted molar refractivity (Wildman–Crippen MR) is 166 cm³/mol. The van der Waals surface area contributed by atoms with Gasteiger partial charge in [0, 0.05) is 38.5 Å². The normalized spacial score (nSPS) is 24.6. The molecule has 0 radical (unpaired) electrons. The highest BCUT2D eigenvalue weighted by atomic mass is 16.7. The molecule has 3 rings (SSSR count). The van der Waals surface area contributed by atoms with Gasteiger partial charge in [-0.3, -0.25) is 9.59 Å². The van der Waals surface area contributed by atoms with Gasteiger partial charge in [-0.05, 0) is 102 Å². The lowest BCUT2D eigenvalue weighted by molar-refractivity contribution is -0.163. The molecule has 2 saturated heterocycles. The zero-order valence-electron chi connectivity index (χ0n) is 26.0. The van der Waals surface area contributed by atoms with E-state index < -0.39 is 0 Å². The van der Waals surface area contributed by atoms with E-state index in [2.05, 4.69) is 10.6 Å². The smallest absolute Gasteiger partial charge is 0.243 e. The van der Waals surface area contributed by atoms with Crippen molar-refractivity contribution in [1.82, 2.24) is 10.6 Å². The SMILES string of the molecule is O=C(/C=C/CCCCCCCOC1CCCCO1)N[C@@H]1CC[C@H]1NC(=O)/C=C/CCCCCCCOC1CCCCO1. The van der Waals surface area contributed by atoms with E-state index in [-0.39, 0.29) is 36.5 Å². The quantitative estimate of drug-likeness (QED) is 0.109. The van der Waals surface area contributed by atoms with E-state index in [9.17, 15) is 9.59 Å². The van der Waals surface area contributed by atoms with Gasteiger partial charge in [0.1, 0.15) is 0 Å². The van der Waals surface area contributed by atoms with Crippen LogP contribution in [0.2, 0.25) is 0 Å². The lowest BCUT2D eigenvalue weighted by atomic mass is 9.86. The topological polar surface area (TPSA) is 95.1 Å². The maximum atomic E-state index is 12.3. The van der Waals surface area contributed by atoms with Crippen molar-refractivity contribution in [2.45, 2.75) is 153 Å². The van der Waals surface area contributed by atoms with E-state index in [0.29, 0.717) is 0 Å². The molecule has 2 unspecified atom stereocenters. The highest BCUT2D eigenvalue weighted by molar-refractivity contribution is 5.89. The van der Waals surface area contributed by atoms with Crippen LogP contribution in [0, 0.1) is 0 Å². The standard InChI is InChI=1S/C34H58N2O6/c37-31(19-11-7-3-1-5-9-15-25-39-33-21-13-17-27-41-33)35-29-23-24-30(29)36-32(38)20-12-8-4-2-6-10-16-26-40-34-22-14-18-28-42-34/h11-12,19-20,29-30,33-34H,1-10,13-18,21-28H2,(H,35,37)(H,36,38)/b19-11+,20-12+/t29-,30-,33?,34?/m1/s1. The highest BCUT2D eigenvalue weighted by Gasteiger charge is 2.32. The second kappa shape index (κ2) is 22.8. The average Bonchev–Trinajstić information content (AvgIpc) is 3.01. The zero-order chi connectivity index (χ0) is 29.5. The second-order valence-electron chi connectivity index (χ2n) is 12.1. The summed E-state index contributed by atoms with van der Waals surface area (Å²) < 4.78 is 22.7. The van der Waals surface area contributed by atoms with Crippen LogP contribution in [0.3, 0.4) is 0 Å². The summed E-state index contributed by atoms with van der Waals surface area (Å²) in [6, 6.07) is 0.0452. The minimum absolute atomic E-state index is 0.0206. The molecule has 0 bridgehead atoms. The molecule has 8 nitrogen and oxygen atoms in total. The molecule has 240 valence electrons. The van der Waals surface area contributed by atoms with E-state index >= 15 is 0 Å². The molecule has 42 heavy (non-hydrogen) atoms. The Kier molecular flexibility index (Phi) is 18.8. The molecule has 3 aliphatic rings. The van der Waals surface area contributed by atoms with E-state index in [1.807, 2.05) is 12.2 Å². The van der Waals surface area contributed by atoms with Gasteiger partial charge in [0.05, 0.1) is 0 Å². The minimum Gasteiger partial charge on any atom is -0.353 e. The van der Waals surface area contributed by atoms with Gasteiger partial charge in [-0.25, -0.2) is 0 Å². The summed E-state index contributed by atoms with van der Waals surface area (Å²) in [6.45, 7) is 3.25. The fourth-order valence-electron chi connectivity index (χ4n) is 5.59. The van der Waals surface area contributed by atoms with Crippen molar-refractivity contribution in [1.29, 1.82) is 0 Å². The number of rotatable bonds is 22. The van der Waals surface area contributed by atoms with Crippen LogP contribution >= 0.6 is 0 Å². The predicted octanol–water partition coefficient (Wildman–Crippen LogP) is 6.63. The zero-order valence-corrected chi connectivity index (χ0v) is 26.0. The molecular weight excluding hydrogens is 532 g/mol. The van der Waals surface area contributed by atoms with E-state index in [4.69, 9.17) is 18.9 Å². The molecule has 0 spiro atoms. The summed E-state index contributed by atoms with van der Waals surface area (Å²) in [5, 5.41) is 6.09. The fourth-order valence-corrected chi connectivity index (χ4v) is 5.59. The first-order chi connectivity index (χ1) is 20.7. The summed E-state index contributed by atoms with van der Waals surface area (Å²) in [5.41, 5.74) is 0. The second-order valence-corrected chi connectivity index (χ2v) is 12.1. The number of hydrogen-bond donors (Lipinski definition) is 2. The number of ether oxygens (including phenoxy) is 4. The molecule has 0 aromatic carbocycles. The molecule has 0 aromatic heterocycles. The third-order valence-electron chi connectivity index (χ3n) is 8.38. The van der Waals surface area contributed by atoms with Crippen molar-refractivity contribution in [3.63, 3.8) is 0 Å². The number of hydrogen-bond acceptors (Lipinski definition) is 6. The van der Waals surface area contributed by atoms with Crippen molar-refractivity contribution in [3.05, 3.63) is 24.3 Å². The first kappa shape index (κ1) is 34.7. The number of amides is 2. The van der Waals surface area contributed by atoms with Crippen molar-refractivity contribution in [2.24, 2.45) is 0 Å². The fraction of sp³-hybridized carbons (Fsp3) is 0.824. The van der Waals surface area contributed by atoms with Gasteiger partial charge in [-0.1, -0.05) is 50.7 Å². The molecule has 0 aromatic rings. The Balaban J connectivity index is 1.09. The van der Waals surface area contributed by atoms with Crippen LogP contribution in [0.1, 0.15) is 128 Å². The van der Waals surface area contributed by atoms with Crippen LogP contribution in [0.5, 0.6) is 0 Å². The molecule has 3 fully saturated rings. The first-order valence-corrected chi connectivity index (χ1v) is 17.1. The van der Waals surface area contributed by atoms with Crippen LogP contribution < -0.4 is 10.6 Å². The van der Waals surface area contributed by atoms with Crippen LogP contribution in [0.25, 0.3) is 0 Å². The number of carbonyl (C=O) groups is 2. The Bertz CT molecular complexity index is 712. The first-order valence-electron chi connectivity index (χ1n) is 17.1. The van der Waals surface area contributed by atoms with E-state index in [0.717, 1.165) is 103 Å². The molecule has 2 heterocycles. The van der Waals surface area contributed by atoms with Gasteiger partial charge < -0.3 is 29.6 Å². The van der Waals surface area contributed by atoms with Crippen molar-refractivity contribution < 1.29 is 28.5 Å². The van der Waals surface area contributed by atoms with Crippen LogP contribution in [0.4, 0.5) is 0 Å². The molecule has 2 amide bonds. The van der Waals surface area contributed by atoms with Crippen molar-refractivity contribution in [2.75, 3.05) is 26.4 Å². The molecular formula is C34H58N2O6. The molecule has 4 atom stereocenters. The van der Waals surface area contributed by atoms with E-state index in [1.54, 1.807) is 12.2 Å². The Morgan fingerprint density at radius 2 is 1.00 bits per heavy atom. The summed E-state index contributed by atoms with van der Waals surface area (Å²) in [7, 11) is 0. The highest BCUT2D eigenvalue weighted by Crippen LogP contribution is 2.20. The molecule has 8 heteroatoms. The Morgan fingerprint density at radius 1 is 0.571 bits per heavy atom. The molecule has 1 aliphatic carbocycles. The summed E-state index contributed by atoms with van der Waals surface area (Å²) >= 11 is 0. The van der Waals surface area contributed by atoms with Gasteiger partial charge in [0.15, 0.2) is 12.6 Å². The van der Waals surface area contributed by atoms with Gasteiger partial charge in [-0.15, -0.1) is 0 Å². The van der Waals surface area contributed by atoms with Crippen LogP contribution in [-0.4, -0.2) is 62.9 Å². The summed E-state index contributed by atoms with van der Waals surface area (Å²) in [4.78, 5) is 24.6. The Labute approximate surface area is 254 Å². The number of carbonyl (C=O) groups excluding carboxylic acids is 2. The van der Waals surface area contributed by atoms with Crippen LogP contribution in [-0.2, 0) is 28.5 Å². The maximum Gasteiger partial charge on any atom is 0.243 e. The van der Waals surface area contributed by atoms with Crippen LogP contribution in [0.15, 0.2) is 24.3 Å². The minimum atomic E-state index is -0.0644. The summed E-state index contributed by atoms with van der Waals surface area (Å²) in [5.74, 6) is -0.129. The molecule has 2 aliphatic heterocycles. The lowest BCUT2D eigenvalue weighted by Gasteiger charge is -2.37. The monoisotopic (exact) mass is 590 g/mol. The van der Waals surface area contributed by atoms with Crippen molar-refractivity contribution >= 4 is 11.8 Å². The van der Waals surface area contributed by atoms with Gasteiger partial charge in [-0.2, -0.15) is 0 Å². The third kappa shape index (κ3) is 16.2. The Hall–Kier alpha value is -1.74. The Morgan fingerprint density at radius 3 is 1.40 bits per heavy atom.